The van der Waals surface area contributed by atoms with E-state index in [0.717, 1.165) is 34.6 Å². The van der Waals surface area contributed by atoms with Crippen LogP contribution in [0.4, 0.5) is 5.69 Å². The Balaban J connectivity index is 1.34. The van der Waals surface area contributed by atoms with Gasteiger partial charge in [-0.3, -0.25) is 9.78 Å². The standard InChI is InChI=1S/C26H22N6O2/c1-2-18-7-3-4-11-23(18)34-17-25(33)28-21-10-5-8-19(15-21)22-12-13-24-29-30-26(32(24)31-22)20-9-6-14-27-16-20/h3-16H,2,17H2,1H3,(H,28,33). The Morgan fingerprint density at radius 2 is 1.85 bits per heavy atom. The van der Waals surface area contributed by atoms with E-state index in [9.17, 15) is 4.79 Å². The van der Waals surface area contributed by atoms with Gasteiger partial charge in [-0.05, 0) is 54.4 Å². The molecule has 0 bridgehead atoms. The van der Waals surface area contributed by atoms with Crippen molar-refractivity contribution < 1.29 is 9.53 Å². The summed E-state index contributed by atoms with van der Waals surface area (Å²) in [5.74, 6) is 1.10. The highest BCUT2D eigenvalue weighted by molar-refractivity contribution is 5.92. The molecule has 3 aromatic heterocycles. The van der Waals surface area contributed by atoms with E-state index < -0.39 is 0 Å². The van der Waals surface area contributed by atoms with Gasteiger partial charge in [0.2, 0.25) is 0 Å². The quantitative estimate of drug-likeness (QED) is 0.394. The van der Waals surface area contributed by atoms with E-state index in [-0.39, 0.29) is 12.5 Å². The number of aromatic nitrogens is 5. The fourth-order valence-electron chi connectivity index (χ4n) is 3.65. The molecule has 1 N–H and O–H groups in total. The minimum Gasteiger partial charge on any atom is -0.483 e. The predicted octanol–water partition coefficient (Wildman–Crippen LogP) is 4.43. The molecule has 2 aromatic carbocycles. The summed E-state index contributed by atoms with van der Waals surface area (Å²) < 4.78 is 7.42. The summed E-state index contributed by atoms with van der Waals surface area (Å²) in [5.41, 5.74) is 4.76. The normalized spacial score (nSPS) is 10.9. The minimum atomic E-state index is -0.232. The van der Waals surface area contributed by atoms with Crippen molar-refractivity contribution in [2.45, 2.75) is 13.3 Å². The fraction of sp³-hybridized carbons (Fsp3) is 0.115. The molecule has 0 saturated heterocycles. The zero-order valence-electron chi connectivity index (χ0n) is 18.5. The Labute approximate surface area is 196 Å². The van der Waals surface area contributed by atoms with Gasteiger partial charge in [0, 0.05) is 29.2 Å². The number of benzene rings is 2. The Morgan fingerprint density at radius 3 is 2.71 bits per heavy atom. The highest BCUT2D eigenvalue weighted by Gasteiger charge is 2.12. The molecule has 1 amide bonds. The number of hydrogen-bond donors (Lipinski definition) is 1. The van der Waals surface area contributed by atoms with Crippen LogP contribution in [0.1, 0.15) is 12.5 Å². The smallest absolute Gasteiger partial charge is 0.262 e. The zero-order valence-corrected chi connectivity index (χ0v) is 18.5. The van der Waals surface area contributed by atoms with Crippen molar-refractivity contribution >= 4 is 17.2 Å². The van der Waals surface area contributed by atoms with Crippen molar-refractivity contribution in [2.24, 2.45) is 0 Å². The van der Waals surface area contributed by atoms with Gasteiger partial charge in [0.15, 0.2) is 18.1 Å². The Kier molecular flexibility index (Phi) is 5.94. The van der Waals surface area contributed by atoms with Crippen LogP contribution in [0.15, 0.2) is 85.2 Å². The molecule has 34 heavy (non-hydrogen) atoms. The molecule has 168 valence electrons. The highest BCUT2D eigenvalue weighted by Crippen LogP contribution is 2.23. The first-order chi connectivity index (χ1) is 16.7. The molecule has 0 aliphatic heterocycles. The van der Waals surface area contributed by atoms with Crippen molar-refractivity contribution in [1.29, 1.82) is 0 Å². The molecular weight excluding hydrogens is 428 g/mol. The second kappa shape index (κ2) is 9.50. The van der Waals surface area contributed by atoms with Crippen molar-refractivity contribution in [3.05, 3.63) is 90.8 Å². The van der Waals surface area contributed by atoms with Gasteiger partial charge in [0.25, 0.3) is 5.91 Å². The van der Waals surface area contributed by atoms with Gasteiger partial charge in [0.05, 0.1) is 5.69 Å². The number of anilines is 1. The third kappa shape index (κ3) is 4.47. The molecule has 0 aliphatic rings. The van der Waals surface area contributed by atoms with Crippen molar-refractivity contribution in [2.75, 3.05) is 11.9 Å². The van der Waals surface area contributed by atoms with Gasteiger partial charge >= 0.3 is 0 Å². The number of rotatable bonds is 7. The van der Waals surface area contributed by atoms with Gasteiger partial charge in [0.1, 0.15) is 5.75 Å². The Morgan fingerprint density at radius 1 is 0.971 bits per heavy atom. The van der Waals surface area contributed by atoms with Crippen molar-refractivity contribution in [3.63, 3.8) is 0 Å². The number of carbonyl (C=O) groups is 1. The summed E-state index contributed by atoms with van der Waals surface area (Å²) in [5, 5.41) is 16.1. The van der Waals surface area contributed by atoms with Crippen LogP contribution >= 0.6 is 0 Å². The van der Waals surface area contributed by atoms with Gasteiger partial charge in [-0.2, -0.15) is 9.61 Å². The molecule has 0 atom stereocenters. The van der Waals surface area contributed by atoms with Gasteiger partial charge in [-0.1, -0.05) is 37.3 Å². The topological polar surface area (TPSA) is 94.3 Å². The number of nitrogens with zero attached hydrogens (tertiary/aromatic N) is 5. The van der Waals surface area contributed by atoms with Crippen LogP contribution in [-0.2, 0) is 11.2 Å². The number of para-hydroxylation sites is 1. The lowest BCUT2D eigenvalue weighted by Crippen LogP contribution is -2.20. The Hall–Kier alpha value is -4.59. The maximum absolute atomic E-state index is 12.5. The highest BCUT2D eigenvalue weighted by atomic mass is 16.5. The largest absolute Gasteiger partial charge is 0.483 e. The van der Waals surface area contributed by atoms with Crippen molar-refractivity contribution in [1.82, 2.24) is 24.8 Å². The lowest BCUT2D eigenvalue weighted by molar-refractivity contribution is -0.118. The molecule has 3 heterocycles. The second-order valence-corrected chi connectivity index (χ2v) is 7.63. The summed E-state index contributed by atoms with van der Waals surface area (Å²) in [6.07, 6.45) is 4.27. The monoisotopic (exact) mass is 450 g/mol. The average Bonchev–Trinajstić information content (AvgIpc) is 3.31. The maximum atomic E-state index is 12.5. The maximum Gasteiger partial charge on any atom is 0.262 e. The number of pyridine rings is 1. The first-order valence-electron chi connectivity index (χ1n) is 10.9. The van der Waals surface area contributed by atoms with E-state index in [0.29, 0.717) is 17.2 Å². The lowest BCUT2D eigenvalue weighted by atomic mass is 10.1. The van der Waals surface area contributed by atoms with E-state index in [1.165, 1.54) is 0 Å². The first-order valence-corrected chi connectivity index (χ1v) is 10.9. The number of hydrogen-bond acceptors (Lipinski definition) is 6. The van der Waals surface area contributed by atoms with Gasteiger partial charge < -0.3 is 10.1 Å². The predicted molar refractivity (Wildman–Crippen MR) is 129 cm³/mol. The van der Waals surface area contributed by atoms with Crippen LogP contribution in [0.5, 0.6) is 5.75 Å². The molecule has 8 nitrogen and oxygen atoms in total. The summed E-state index contributed by atoms with van der Waals surface area (Å²) in [4.78, 5) is 16.6. The van der Waals surface area contributed by atoms with E-state index in [2.05, 4.69) is 27.4 Å². The molecule has 0 saturated carbocycles. The third-order valence-electron chi connectivity index (χ3n) is 5.34. The average molecular weight is 451 g/mol. The number of carbonyl (C=O) groups excluding carboxylic acids is 1. The molecule has 0 spiro atoms. The number of aryl methyl sites for hydroxylation is 1. The van der Waals surface area contributed by atoms with E-state index in [1.54, 1.807) is 16.9 Å². The van der Waals surface area contributed by atoms with Gasteiger partial charge in [-0.15, -0.1) is 10.2 Å². The molecule has 8 heteroatoms. The summed E-state index contributed by atoms with van der Waals surface area (Å²) in [7, 11) is 0. The minimum absolute atomic E-state index is 0.0688. The third-order valence-corrected chi connectivity index (χ3v) is 5.34. The molecule has 5 rings (SSSR count). The molecular formula is C26H22N6O2. The van der Waals surface area contributed by atoms with E-state index in [1.807, 2.05) is 72.8 Å². The number of ether oxygens (including phenoxy) is 1. The molecule has 0 fully saturated rings. The SMILES string of the molecule is CCc1ccccc1OCC(=O)Nc1cccc(-c2ccc3nnc(-c4cccnc4)n3n2)c1. The molecule has 0 aliphatic carbocycles. The Bertz CT molecular complexity index is 1450. The van der Waals surface area contributed by atoms with Crippen LogP contribution in [0.25, 0.3) is 28.3 Å². The number of amides is 1. The van der Waals surface area contributed by atoms with Gasteiger partial charge in [-0.25, -0.2) is 0 Å². The van der Waals surface area contributed by atoms with Crippen LogP contribution in [0, 0.1) is 0 Å². The first kappa shape index (κ1) is 21.3. The second-order valence-electron chi connectivity index (χ2n) is 7.63. The van der Waals surface area contributed by atoms with Crippen LogP contribution in [0.3, 0.4) is 0 Å². The van der Waals surface area contributed by atoms with Crippen LogP contribution in [0.2, 0.25) is 0 Å². The fourth-order valence-corrected chi connectivity index (χ4v) is 3.65. The van der Waals surface area contributed by atoms with E-state index >= 15 is 0 Å². The number of nitrogens with one attached hydrogen (secondary N) is 1. The zero-order chi connectivity index (χ0) is 23.3. The summed E-state index contributed by atoms with van der Waals surface area (Å²) >= 11 is 0. The summed E-state index contributed by atoms with van der Waals surface area (Å²) in [6, 6.07) is 22.7. The number of fused-ring (bicyclic) bond motifs is 1. The van der Waals surface area contributed by atoms with Crippen molar-refractivity contribution in [3.8, 4) is 28.4 Å². The molecule has 5 aromatic rings. The summed E-state index contributed by atoms with van der Waals surface area (Å²) in [6.45, 7) is 1.99. The van der Waals surface area contributed by atoms with Crippen LogP contribution in [-0.4, -0.2) is 37.3 Å². The lowest BCUT2D eigenvalue weighted by Gasteiger charge is -2.11. The van der Waals surface area contributed by atoms with E-state index in [4.69, 9.17) is 9.84 Å². The molecule has 0 radical (unpaired) electrons. The molecule has 0 unspecified atom stereocenters. The van der Waals surface area contributed by atoms with Crippen LogP contribution < -0.4 is 10.1 Å².